The molecular formula is C21H29BrIN5O. The monoisotopic (exact) mass is 573 g/mol. The van der Waals surface area contributed by atoms with E-state index in [-0.39, 0.29) is 24.0 Å². The number of hydrogen-bond acceptors (Lipinski definition) is 4. The van der Waals surface area contributed by atoms with Crippen LogP contribution in [0.25, 0.3) is 0 Å². The molecule has 1 aromatic carbocycles. The van der Waals surface area contributed by atoms with Crippen LogP contribution in [-0.2, 0) is 6.54 Å². The van der Waals surface area contributed by atoms with Gasteiger partial charge < -0.3 is 20.3 Å². The molecule has 6 nitrogen and oxygen atoms in total. The summed E-state index contributed by atoms with van der Waals surface area (Å²) in [7, 11) is 3.50. The van der Waals surface area contributed by atoms with E-state index in [9.17, 15) is 0 Å². The van der Waals surface area contributed by atoms with E-state index in [0.717, 1.165) is 53.5 Å². The Morgan fingerprint density at radius 3 is 2.66 bits per heavy atom. The quantitative estimate of drug-likeness (QED) is 0.320. The molecule has 29 heavy (non-hydrogen) atoms. The number of pyridine rings is 1. The highest BCUT2D eigenvalue weighted by Crippen LogP contribution is 2.23. The van der Waals surface area contributed by atoms with Crippen LogP contribution in [0.15, 0.2) is 46.0 Å². The molecule has 1 aromatic heterocycles. The van der Waals surface area contributed by atoms with Crippen LogP contribution < -0.4 is 20.3 Å². The summed E-state index contributed by atoms with van der Waals surface area (Å²) >= 11 is 3.52. The molecule has 1 aliphatic rings. The van der Waals surface area contributed by atoms with Crippen molar-refractivity contribution in [1.29, 1.82) is 0 Å². The fraction of sp³-hybridized carbons (Fsp3) is 0.429. The number of aryl methyl sites for hydroxylation is 1. The van der Waals surface area contributed by atoms with Crippen molar-refractivity contribution in [3.8, 4) is 5.75 Å². The van der Waals surface area contributed by atoms with E-state index in [1.54, 1.807) is 14.2 Å². The van der Waals surface area contributed by atoms with Crippen molar-refractivity contribution in [2.45, 2.75) is 32.4 Å². The number of nitrogens with one attached hydrogen (secondary N) is 2. The SMILES string of the molecule is CN=C(NCc1cc(Br)ccc1OC)NC1CCN(c2ccc(C)cn2)CC1.I. The molecule has 8 heteroatoms. The molecule has 0 unspecified atom stereocenters. The van der Waals surface area contributed by atoms with E-state index in [1.807, 2.05) is 18.3 Å². The number of aromatic nitrogens is 1. The molecular weight excluding hydrogens is 545 g/mol. The molecule has 1 saturated heterocycles. The smallest absolute Gasteiger partial charge is 0.191 e. The Labute approximate surface area is 198 Å². The number of rotatable bonds is 5. The van der Waals surface area contributed by atoms with Gasteiger partial charge in [-0.15, -0.1) is 24.0 Å². The van der Waals surface area contributed by atoms with E-state index in [1.165, 1.54) is 5.56 Å². The number of ether oxygens (including phenoxy) is 1. The van der Waals surface area contributed by atoms with Gasteiger partial charge in [0, 0.05) is 49.0 Å². The lowest BCUT2D eigenvalue weighted by atomic mass is 10.1. The van der Waals surface area contributed by atoms with Crippen molar-refractivity contribution in [1.82, 2.24) is 15.6 Å². The average molecular weight is 574 g/mol. The number of methoxy groups -OCH3 is 1. The second-order valence-electron chi connectivity index (χ2n) is 6.98. The highest BCUT2D eigenvalue weighted by atomic mass is 127. The Kier molecular flexibility index (Phi) is 9.48. The zero-order valence-corrected chi connectivity index (χ0v) is 21.0. The number of hydrogen-bond donors (Lipinski definition) is 2. The third kappa shape index (κ3) is 6.74. The highest BCUT2D eigenvalue weighted by Gasteiger charge is 2.21. The minimum atomic E-state index is 0. The van der Waals surface area contributed by atoms with Crippen molar-refractivity contribution in [2.24, 2.45) is 4.99 Å². The summed E-state index contributed by atoms with van der Waals surface area (Å²) in [5, 5.41) is 6.94. The van der Waals surface area contributed by atoms with E-state index >= 15 is 0 Å². The van der Waals surface area contributed by atoms with Gasteiger partial charge in [0.15, 0.2) is 5.96 Å². The summed E-state index contributed by atoms with van der Waals surface area (Å²) in [5.74, 6) is 2.74. The largest absolute Gasteiger partial charge is 0.496 e. The van der Waals surface area contributed by atoms with Gasteiger partial charge in [-0.25, -0.2) is 4.98 Å². The first-order valence-electron chi connectivity index (χ1n) is 9.56. The summed E-state index contributed by atoms with van der Waals surface area (Å²) in [5.41, 5.74) is 2.28. The van der Waals surface area contributed by atoms with Crippen molar-refractivity contribution in [2.75, 3.05) is 32.1 Å². The second kappa shape index (κ2) is 11.6. The van der Waals surface area contributed by atoms with Gasteiger partial charge in [0.2, 0.25) is 0 Å². The zero-order chi connectivity index (χ0) is 19.9. The van der Waals surface area contributed by atoms with Crippen LogP contribution in [0, 0.1) is 6.92 Å². The molecule has 2 heterocycles. The van der Waals surface area contributed by atoms with Crippen LogP contribution in [-0.4, -0.2) is 44.2 Å². The number of piperidine rings is 1. The maximum absolute atomic E-state index is 5.44. The predicted molar refractivity (Wildman–Crippen MR) is 134 cm³/mol. The maximum atomic E-state index is 5.44. The molecule has 158 valence electrons. The molecule has 0 bridgehead atoms. The minimum absolute atomic E-state index is 0. The van der Waals surface area contributed by atoms with E-state index < -0.39 is 0 Å². The van der Waals surface area contributed by atoms with Gasteiger partial charge >= 0.3 is 0 Å². The number of nitrogens with zero attached hydrogens (tertiary/aromatic N) is 3. The van der Waals surface area contributed by atoms with E-state index in [0.29, 0.717) is 12.6 Å². The van der Waals surface area contributed by atoms with Crippen molar-refractivity contribution >= 4 is 51.7 Å². The molecule has 0 atom stereocenters. The Bertz CT molecular complexity index is 807. The normalized spacial score (nSPS) is 14.9. The van der Waals surface area contributed by atoms with Gasteiger partial charge in [-0.05, 0) is 49.6 Å². The summed E-state index contributed by atoms with van der Waals surface area (Å²) < 4.78 is 6.48. The number of anilines is 1. The molecule has 0 radical (unpaired) electrons. The summed E-state index contributed by atoms with van der Waals surface area (Å²) in [6, 6.07) is 10.6. The van der Waals surface area contributed by atoms with Gasteiger partial charge in [0.05, 0.1) is 7.11 Å². The van der Waals surface area contributed by atoms with Crippen LogP contribution in [0.4, 0.5) is 5.82 Å². The lowest BCUT2D eigenvalue weighted by molar-refractivity contribution is 0.408. The van der Waals surface area contributed by atoms with Gasteiger partial charge in [0.25, 0.3) is 0 Å². The van der Waals surface area contributed by atoms with Crippen LogP contribution in [0.2, 0.25) is 0 Å². The zero-order valence-electron chi connectivity index (χ0n) is 17.1. The number of aliphatic imine (C=N–C) groups is 1. The molecule has 3 rings (SSSR count). The number of halogens is 2. The first-order chi connectivity index (χ1) is 13.6. The fourth-order valence-electron chi connectivity index (χ4n) is 3.35. The predicted octanol–water partition coefficient (Wildman–Crippen LogP) is 4.11. The molecule has 0 aliphatic carbocycles. The molecule has 0 amide bonds. The molecule has 1 aliphatic heterocycles. The molecule has 1 fully saturated rings. The number of benzene rings is 1. The van der Waals surface area contributed by atoms with Crippen LogP contribution in [0.1, 0.15) is 24.0 Å². The van der Waals surface area contributed by atoms with Gasteiger partial charge in [-0.2, -0.15) is 0 Å². The van der Waals surface area contributed by atoms with Crippen molar-refractivity contribution < 1.29 is 4.74 Å². The molecule has 0 saturated carbocycles. The lowest BCUT2D eigenvalue weighted by Crippen LogP contribution is -2.48. The number of guanidine groups is 1. The fourth-order valence-corrected chi connectivity index (χ4v) is 3.76. The summed E-state index contributed by atoms with van der Waals surface area (Å²) in [6.07, 6.45) is 4.04. The van der Waals surface area contributed by atoms with E-state index in [2.05, 4.69) is 66.6 Å². The first kappa shape index (κ1) is 23.7. The molecule has 2 N–H and O–H groups in total. The third-order valence-electron chi connectivity index (χ3n) is 4.97. The highest BCUT2D eigenvalue weighted by molar-refractivity contribution is 14.0. The molecule has 2 aromatic rings. The third-order valence-corrected chi connectivity index (χ3v) is 5.46. The Hall–Kier alpha value is -1.55. The Balaban J connectivity index is 0.00000300. The lowest BCUT2D eigenvalue weighted by Gasteiger charge is -2.33. The van der Waals surface area contributed by atoms with Crippen molar-refractivity contribution in [3.63, 3.8) is 0 Å². The minimum Gasteiger partial charge on any atom is -0.496 e. The van der Waals surface area contributed by atoms with Crippen LogP contribution in [0.5, 0.6) is 5.75 Å². The Morgan fingerprint density at radius 2 is 2.03 bits per heavy atom. The van der Waals surface area contributed by atoms with Gasteiger partial charge in [-0.3, -0.25) is 4.99 Å². The maximum Gasteiger partial charge on any atom is 0.191 e. The van der Waals surface area contributed by atoms with Crippen LogP contribution in [0.3, 0.4) is 0 Å². The van der Waals surface area contributed by atoms with E-state index in [4.69, 9.17) is 4.74 Å². The first-order valence-corrected chi connectivity index (χ1v) is 10.4. The van der Waals surface area contributed by atoms with Gasteiger partial charge in [-0.1, -0.05) is 22.0 Å². The van der Waals surface area contributed by atoms with Crippen LogP contribution >= 0.6 is 39.9 Å². The molecule has 0 spiro atoms. The standard InChI is InChI=1S/C21H28BrN5O.HI/c1-15-4-7-20(24-13-15)27-10-8-18(9-11-27)26-21(23-2)25-14-16-12-17(22)5-6-19(16)28-3;/h4-7,12-13,18H,8-11,14H2,1-3H3,(H2,23,25,26);1H. The Morgan fingerprint density at radius 1 is 1.28 bits per heavy atom. The summed E-state index contributed by atoms with van der Waals surface area (Å²) in [6.45, 7) is 4.69. The van der Waals surface area contributed by atoms with Gasteiger partial charge in [0.1, 0.15) is 11.6 Å². The average Bonchev–Trinajstić information content (AvgIpc) is 2.72. The topological polar surface area (TPSA) is 61.8 Å². The second-order valence-corrected chi connectivity index (χ2v) is 7.90. The summed E-state index contributed by atoms with van der Waals surface area (Å²) in [4.78, 5) is 11.3. The van der Waals surface area contributed by atoms with Crippen molar-refractivity contribution in [3.05, 3.63) is 52.1 Å².